The highest BCUT2D eigenvalue weighted by Crippen LogP contribution is 2.19. The van der Waals surface area contributed by atoms with Gasteiger partial charge in [-0.25, -0.2) is 0 Å². The molecule has 0 aliphatic rings. The molecule has 1 aromatic carbocycles. The molecular formula is C15H22O2. The molecule has 17 heavy (non-hydrogen) atoms. The molecular weight excluding hydrogens is 212 g/mol. The zero-order valence-electron chi connectivity index (χ0n) is 11.1. The summed E-state index contributed by atoms with van der Waals surface area (Å²) >= 11 is 0. The molecule has 0 atom stereocenters. The Morgan fingerprint density at radius 1 is 1.24 bits per heavy atom. The molecule has 0 unspecified atom stereocenters. The van der Waals surface area contributed by atoms with Gasteiger partial charge in [0, 0.05) is 12.0 Å². The normalized spacial score (nSPS) is 10.3. The van der Waals surface area contributed by atoms with Crippen LogP contribution in [0.3, 0.4) is 0 Å². The smallest absolute Gasteiger partial charge is 0.162 e. The van der Waals surface area contributed by atoms with Gasteiger partial charge in [0.2, 0.25) is 0 Å². The summed E-state index contributed by atoms with van der Waals surface area (Å²) in [5, 5.41) is 0. The van der Waals surface area contributed by atoms with Crippen molar-refractivity contribution in [2.75, 3.05) is 7.11 Å². The number of hydrogen-bond acceptors (Lipinski definition) is 2. The SMILES string of the molecule is CCCCCCC(=O)c1ccc(OC)c(C)c1. The van der Waals surface area contributed by atoms with E-state index in [0.717, 1.165) is 29.7 Å². The first-order chi connectivity index (χ1) is 8.19. The highest BCUT2D eigenvalue weighted by molar-refractivity contribution is 5.96. The number of ether oxygens (including phenoxy) is 1. The van der Waals surface area contributed by atoms with Gasteiger partial charge >= 0.3 is 0 Å². The molecule has 1 aromatic rings. The van der Waals surface area contributed by atoms with Gasteiger partial charge in [0.25, 0.3) is 0 Å². The molecule has 0 bridgehead atoms. The van der Waals surface area contributed by atoms with E-state index in [1.54, 1.807) is 7.11 Å². The Hall–Kier alpha value is -1.31. The summed E-state index contributed by atoms with van der Waals surface area (Å²) in [5.41, 5.74) is 1.83. The number of carbonyl (C=O) groups is 1. The van der Waals surface area contributed by atoms with Crippen LogP contribution >= 0.6 is 0 Å². The standard InChI is InChI=1S/C15H22O2/c1-4-5-6-7-8-14(16)13-9-10-15(17-3)12(2)11-13/h9-11H,4-8H2,1-3H3. The van der Waals surface area contributed by atoms with Crippen LogP contribution in [0.25, 0.3) is 0 Å². The molecule has 0 amide bonds. The summed E-state index contributed by atoms with van der Waals surface area (Å²) in [7, 11) is 1.65. The van der Waals surface area contributed by atoms with E-state index in [1.807, 2.05) is 25.1 Å². The Morgan fingerprint density at radius 3 is 2.59 bits per heavy atom. The van der Waals surface area contributed by atoms with Gasteiger partial charge in [0.05, 0.1) is 7.11 Å². The fourth-order valence-electron chi connectivity index (χ4n) is 1.91. The first kappa shape index (κ1) is 13.8. The number of rotatable bonds is 7. The number of aryl methyl sites for hydroxylation is 1. The van der Waals surface area contributed by atoms with E-state index in [4.69, 9.17) is 4.74 Å². The summed E-state index contributed by atoms with van der Waals surface area (Å²) in [5.74, 6) is 1.08. The fourth-order valence-corrected chi connectivity index (χ4v) is 1.91. The van der Waals surface area contributed by atoms with Gasteiger partial charge in [-0.2, -0.15) is 0 Å². The molecule has 1 rings (SSSR count). The topological polar surface area (TPSA) is 26.3 Å². The number of Topliss-reactive ketones (excluding diaryl/α,β-unsaturated/α-hetero) is 1. The first-order valence-electron chi connectivity index (χ1n) is 6.37. The lowest BCUT2D eigenvalue weighted by molar-refractivity contribution is 0.0979. The van der Waals surface area contributed by atoms with Crippen LogP contribution in [-0.2, 0) is 0 Å². The Kier molecular flexibility index (Phi) is 5.75. The van der Waals surface area contributed by atoms with Crippen LogP contribution in [-0.4, -0.2) is 12.9 Å². The second kappa shape index (κ2) is 7.10. The van der Waals surface area contributed by atoms with Crippen LogP contribution in [0.15, 0.2) is 18.2 Å². The lowest BCUT2D eigenvalue weighted by atomic mass is 10.0. The summed E-state index contributed by atoms with van der Waals surface area (Å²) < 4.78 is 5.18. The number of carbonyl (C=O) groups excluding carboxylic acids is 1. The molecule has 94 valence electrons. The third-order valence-corrected chi connectivity index (χ3v) is 2.97. The zero-order chi connectivity index (χ0) is 12.7. The summed E-state index contributed by atoms with van der Waals surface area (Å²) in [6, 6.07) is 5.64. The molecule has 2 nitrogen and oxygen atoms in total. The van der Waals surface area contributed by atoms with E-state index in [2.05, 4.69) is 6.92 Å². The van der Waals surface area contributed by atoms with Gasteiger partial charge in [0.15, 0.2) is 5.78 Å². The van der Waals surface area contributed by atoms with Crippen molar-refractivity contribution in [2.24, 2.45) is 0 Å². The number of benzene rings is 1. The fraction of sp³-hybridized carbons (Fsp3) is 0.533. The number of methoxy groups -OCH3 is 1. The minimum Gasteiger partial charge on any atom is -0.496 e. The zero-order valence-corrected chi connectivity index (χ0v) is 11.1. The van der Waals surface area contributed by atoms with E-state index >= 15 is 0 Å². The molecule has 2 heteroatoms. The van der Waals surface area contributed by atoms with E-state index in [-0.39, 0.29) is 5.78 Å². The molecule has 0 aliphatic carbocycles. The number of ketones is 1. The molecule has 0 aliphatic heterocycles. The molecule has 0 aromatic heterocycles. The maximum atomic E-state index is 11.9. The van der Waals surface area contributed by atoms with Crippen molar-refractivity contribution < 1.29 is 9.53 Å². The van der Waals surface area contributed by atoms with Gasteiger partial charge in [-0.15, -0.1) is 0 Å². The second-order valence-corrected chi connectivity index (χ2v) is 4.42. The molecule has 0 heterocycles. The van der Waals surface area contributed by atoms with Crippen molar-refractivity contribution >= 4 is 5.78 Å². The molecule has 0 saturated carbocycles. The van der Waals surface area contributed by atoms with E-state index in [9.17, 15) is 4.79 Å². The maximum Gasteiger partial charge on any atom is 0.162 e. The predicted octanol–water partition coefficient (Wildman–Crippen LogP) is 4.16. The molecule has 0 spiro atoms. The molecule has 0 fully saturated rings. The lowest BCUT2D eigenvalue weighted by Gasteiger charge is -2.06. The van der Waals surface area contributed by atoms with Crippen molar-refractivity contribution in [3.63, 3.8) is 0 Å². The quantitative estimate of drug-likeness (QED) is 0.523. The Labute approximate surface area is 104 Å². The summed E-state index contributed by atoms with van der Waals surface area (Å²) in [4.78, 5) is 11.9. The highest BCUT2D eigenvalue weighted by atomic mass is 16.5. The van der Waals surface area contributed by atoms with E-state index < -0.39 is 0 Å². The average molecular weight is 234 g/mol. The molecule has 0 N–H and O–H groups in total. The van der Waals surface area contributed by atoms with Crippen LogP contribution in [0, 0.1) is 6.92 Å². The Bertz CT molecular complexity index is 369. The lowest BCUT2D eigenvalue weighted by Crippen LogP contribution is -2.00. The highest BCUT2D eigenvalue weighted by Gasteiger charge is 2.07. The van der Waals surface area contributed by atoms with Crippen molar-refractivity contribution in [3.8, 4) is 5.75 Å². The van der Waals surface area contributed by atoms with Crippen LogP contribution < -0.4 is 4.74 Å². The van der Waals surface area contributed by atoms with Crippen LogP contribution in [0.2, 0.25) is 0 Å². The van der Waals surface area contributed by atoms with Crippen molar-refractivity contribution in [3.05, 3.63) is 29.3 Å². The predicted molar refractivity (Wildman–Crippen MR) is 70.8 cm³/mol. The molecule has 0 radical (unpaired) electrons. The summed E-state index contributed by atoms with van der Waals surface area (Å²) in [6.45, 7) is 4.14. The minimum atomic E-state index is 0.242. The van der Waals surface area contributed by atoms with E-state index in [1.165, 1.54) is 12.8 Å². The van der Waals surface area contributed by atoms with Gasteiger partial charge in [-0.1, -0.05) is 26.2 Å². The third kappa shape index (κ3) is 4.22. The molecule has 0 saturated heterocycles. The van der Waals surface area contributed by atoms with Crippen molar-refractivity contribution in [2.45, 2.75) is 46.0 Å². The summed E-state index contributed by atoms with van der Waals surface area (Å²) in [6.07, 6.45) is 5.23. The van der Waals surface area contributed by atoms with Gasteiger partial charge in [-0.3, -0.25) is 4.79 Å². The van der Waals surface area contributed by atoms with Crippen LogP contribution in [0.5, 0.6) is 5.75 Å². The number of hydrogen-bond donors (Lipinski definition) is 0. The minimum absolute atomic E-state index is 0.242. The van der Waals surface area contributed by atoms with Gasteiger partial charge < -0.3 is 4.74 Å². The third-order valence-electron chi connectivity index (χ3n) is 2.97. The van der Waals surface area contributed by atoms with Crippen molar-refractivity contribution in [1.29, 1.82) is 0 Å². The average Bonchev–Trinajstić information content (AvgIpc) is 2.34. The monoisotopic (exact) mass is 234 g/mol. The van der Waals surface area contributed by atoms with Gasteiger partial charge in [0.1, 0.15) is 5.75 Å². The maximum absolute atomic E-state index is 11.9. The number of unbranched alkanes of at least 4 members (excludes halogenated alkanes) is 3. The largest absolute Gasteiger partial charge is 0.496 e. The van der Waals surface area contributed by atoms with Gasteiger partial charge in [-0.05, 0) is 37.1 Å². The van der Waals surface area contributed by atoms with E-state index in [0.29, 0.717) is 6.42 Å². The van der Waals surface area contributed by atoms with Crippen LogP contribution in [0.4, 0.5) is 0 Å². The second-order valence-electron chi connectivity index (χ2n) is 4.42. The first-order valence-corrected chi connectivity index (χ1v) is 6.37. The van der Waals surface area contributed by atoms with Crippen LogP contribution in [0.1, 0.15) is 54.9 Å². The Morgan fingerprint density at radius 2 is 2.00 bits per heavy atom. The Balaban J connectivity index is 2.54. The van der Waals surface area contributed by atoms with Crippen molar-refractivity contribution in [1.82, 2.24) is 0 Å².